The molecule has 1 saturated heterocycles. The Hall–Kier alpha value is -1.92. The second kappa shape index (κ2) is 9.29. The van der Waals surface area contributed by atoms with Crippen LogP contribution in [-0.2, 0) is 10.3 Å². The molecule has 1 heterocycles. The molecule has 31 heavy (non-hydrogen) atoms. The van der Waals surface area contributed by atoms with Crippen LogP contribution >= 0.6 is 0 Å². The van der Waals surface area contributed by atoms with E-state index in [1.807, 2.05) is 7.05 Å². The number of hydrogen-bond donors (Lipinski definition) is 2. The fourth-order valence-electron chi connectivity index (χ4n) is 5.79. The lowest BCUT2D eigenvalue weighted by molar-refractivity contribution is -0.119. The van der Waals surface area contributed by atoms with Gasteiger partial charge in [-0.1, -0.05) is 36.8 Å². The molecule has 4 rings (SSSR count). The molecule has 0 unspecified atom stereocenters. The highest BCUT2D eigenvalue weighted by atomic mass is 16.3. The molecule has 1 aromatic rings. The second-order valence-corrected chi connectivity index (χ2v) is 9.83. The van der Waals surface area contributed by atoms with Crippen molar-refractivity contribution in [3.63, 3.8) is 0 Å². The molecule has 1 aromatic carbocycles. The lowest BCUT2D eigenvalue weighted by Gasteiger charge is -2.49. The van der Waals surface area contributed by atoms with Crippen LogP contribution < -0.4 is 5.32 Å². The molecule has 1 spiro atoms. The summed E-state index contributed by atoms with van der Waals surface area (Å²) in [6.45, 7) is 1.68. The molecule has 0 bridgehead atoms. The number of aliphatic hydroxyl groups is 1. The van der Waals surface area contributed by atoms with Crippen LogP contribution in [0.15, 0.2) is 30.3 Å². The van der Waals surface area contributed by atoms with E-state index in [2.05, 4.69) is 40.5 Å². The Balaban J connectivity index is 1.51. The smallest absolute Gasteiger partial charge is 0.321 e. The molecule has 2 N–H and O–H groups in total. The third kappa shape index (κ3) is 4.37. The van der Waals surface area contributed by atoms with Gasteiger partial charge in [0, 0.05) is 31.7 Å². The quantitative estimate of drug-likeness (QED) is 0.634. The van der Waals surface area contributed by atoms with Crippen LogP contribution in [0.4, 0.5) is 4.79 Å². The minimum absolute atomic E-state index is 0.0169. The van der Waals surface area contributed by atoms with Gasteiger partial charge < -0.3 is 20.2 Å². The van der Waals surface area contributed by atoms with Crippen molar-refractivity contribution < 1.29 is 14.7 Å². The number of amides is 2. The third-order valence-electron chi connectivity index (χ3n) is 8.04. The van der Waals surface area contributed by atoms with Gasteiger partial charge in [-0.15, -0.1) is 0 Å². The fraction of sp³-hybridized carbons (Fsp3) is 0.680. The number of nitrogens with one attached hydrogen (secondary N) is 1. The number of Topliss-reactive ketones (excluding diaryl/α,β-unsaturated/α-hetero) is 1. The van der Waals surface area contributed by atoms with Crippen molar-refractivity contribution in [2.45, 2.75) is 68.9 Å². The van der Waals surface area contributed by atoms with Crippen LogP contribution in [0.3, 0.4) is 0 Å². The maximum atomic E-state index is 13.4. The van der Waals surface area contributed by atoms with Gasteiger partial charge in [0.15, 0.2) is 5.78 Å². The highest BCUT2D eigenvalue weighted by Crippen LogP contribution is 2.47. The minimum atomic E-state index is -0.168. The zero-order chi connectivity index (χ0) is 21.9. The van der Waals surface area contributed by atoms with E-state index in [-0.39, 0.29) is 36.0 Å². The molecule has 0 aromatic heterocycles. The summed E-state index contributed by atoms with van der Waals surface area (Å²) >= 11 is 0. The van der Waals surface area contributed by atoms with E-state index in [4.69, 9.17) is 5.11 Å². The summed E-state index contributed by atoms with van der Waals surface area (Å²) in [5, 5.41) is 12.6. The van der Waals surface area contributed by atoms with E-state index in [1.165, 1.54) is 24.8 Å². The van der Waals surface area contributed by atoms with E-state index in [0.29, 0.717) is 25.3 Å². The number of aliphatic hydroxyl groups excluding tert-OH is 1. The lowest BCUT2D eigenvalue weighted by atomic mass is 9.68. The molecule has 6 heteroatoms. The van der Waals surface area contributed by atoms with Crippen LogP contribution in [0.1, 0.15) is 63.4 Å². The summed E-state index contributed by atoms with van der Waals surface area (Å²) in [5.41, 5.74) is 1.10. The minimum Gasteiger partial charge on any atom is -0.396 e. The number of nitrogens with zero attached hydrogens (tertiary/aromatic N) is 2. The first-order valence-corrected chi connectivity index (χ1v) is 12.0. The van der Waals surface area contributed by atoms with Crippen LogP contribution in [0, 0.1) is 5.92 Å². The summed E-state index contributed by atoms with van der Waals surface area (Å²) in [6.07, 6.45) is 8.35. The molecule has 1 aliphatic heterocycles. The number of hydrogen-bond acceptors (Lipinski definition) is 4. The van der Waals surface area contributed by atoms with Crippen molar-refractivity contribution in [3.05, 3.63) is 35.9 Å². The van der Waals surface area contributed by atoms with E-state index >= 15 is 0 Å². The Morgan fingerprint density at radius 3 is 2.45 bits per heavy atom. The standard InChI is InChI=1S/C25H37N3O3/c1-26-25(21-9-3-2-4-10-21)14-12-24(13-15-25)19-27(18-22(30)11-6-16-29)23(31)28(24)17-20-7-5-8-20/h2-4,9-10,20,26,29H,5-8,11-19H2,1H3. The summed E-state index contributed by atoms with van der Waals surface area (Å²) in [5.74, 6) is 0.656. The Morgan fingerprint density at radius 1 is 1.16 bits per heavy atom. The third-order valence-corrected chi connectivity index (χ3v) is 8.04. The van der Waals surface area contributed by atoms with E-state index in [1.54, 1.807) is 4.90 Å². The van der Waals surface area contributed by atoms with Gasteiger partial charge in [0.25, 0.3) is 0 Å². The maximum Gasteiger partial charge on any atom is 0.321 e. The van der Waals surface area contributed by atoms with Crippen molar-refractivity contribution in [1.82, 2.24) is 15.1 Å². The second-order valence-electron chi connectivity index (χ2n) is 9.83. The Labute approximate surface area is 186 Å². The molecule has 170 valence electrons. The number of ketones is 1. The van der Waals surface area contributed by atoms with Crippen molar-refractivity contribution >= 4 is 11.8 Å². The van der Waals surface area contributed by atoms with Crippen LogP contribution in [-0.4, -0.2) is 65.5 Å². The fourth-order valence-corrected chi connectivity index (χ4v) is 5.79. The zero-order valence-corrected chi connectivity index (χ0v) is 18.8. The van der Waals surface area contributed by atoms with E-state index in [0.717, 1.165) is 32.2 Å². The molecule has 3 aliphatic rings. The largest absolute Gasteiger partial charge is 0.396 e. The Morgan fingerprint density at radius 2 is 1.87 bits per heavy atom. The number of carbonyl (C=O) groups excluding carboxylic acids is 2. The first kappa shape index (κ1) is 22.3. The van der Waals surface area contributed by atoms with Crippen LogP contribution in [0.2, 0.25) is 0 Å². The average molecular weight is 428 g/mol. The Kier molecular flexibility index (Phi) is 6.68. The lowest BCUT2D eigenvalue weighted by Crippen LogP contribution is -2.56. The van der Waals surface area contributed by atoms with Crippen LogP contribution in [0.25, 0.3) is 0 Å². The topological polar surface area (TPSA) is 72.9 Å². The Bertz CT molecular complexity index is 769. The summed E-state index contributed by atoms with van der Waals surface area (Å²) in [4.78, 5) is 29.7. The van der Waals surface area contributed by atoms with Crippen molar-refractivity contribution in [3.8, 4) is 0 Å². The summed E-state index contributed by atoms with van der Waals surface area (Å²) < 4.78 is 0. The molecule has 0 radical (unpaired) electrons. The first-order valence-electron chi connectivity index (χ1n) is 12.0. The van der Waals surface area contributed by atoms with Gasteiger partial charge in [-0.2, -0.15) is 0 Å². The molecule has 2 amide bonds. The van der Waals surface area contributed by atoms with Gasteiger partial charge in [0.05, 0.1) is 12.1 Å². The van der Waals surface area contributed by atoms with Gasteiger partial charge in [-0.3, -0.25) is 4.79 Å². The van der Waals surface area contributed by atoms with E-state index < -0.39 is 0 Å². The molecular weight excluding hydrogens is 390 g/mol. The predicted octanol–water partition coefficient (Wildman–Crippen LogP) is 3.29. The number of urea groups is 1. The van der Waals surface area contributed by atoms with Gasteiger partial charge >= 0.3 is 6.03 Å². The molecule has 2 saturated carbocycles. The normalized spacial score (nSPS) is 28.9. The van der Waals surface area contributed by atoms with Crippen LogP contribution in [0.5, 0.6) is 0 Å². The van der Waals surface area contributed by atoms with Gasteiger partial charge in [0.2, 0.25) is 0 Å². The molecule has 0 atom stereocenters. The monoisotopic (exact) mass is 427 g/mol. The highest BCUT2D eigenvalue weighted by molar-refractivity contribution is 5.87. The van der Waals surface area contributed by atoms with Gasteiger partial charge in [0.1, 0.15) is 0 Å². The molecular formula is C25H37N3O3. The summed E-state index contributed by atoms with van der Waals surface area (Å²) in [6, 6.07) is 10.7. The predicted molar refractivity (Wildman–Crippen MR) is 121 cm³/mol. The number of carbonyl (C=O) groups is 2. The molecule has 2 aliphatic carbocycles. The van der Waals surface area contributed by atoms with Gasteiger partial charge in [-0.25, -0.2) is 4.79 Å². The van der Waals surface area contributed by atoms with Crippen molar-refractivity contribution in [1.29, 1.82) is 0 Å². The van der Waals surface area contributed by atoms with Crippen molar-refractivity contribution in [2.75, 3.05) is 33.3 Å². The summed E-state index contributed by atoms with van der Waals surface area (Å²) in [7, 11) is 2.04. The first-order chi connectivity index (χ1) is 15.0. The average Bonchev–Trinajstić information content (AvgIpc) is 3.01. The number of rotatable bonds is 9. The molecule has 3 fully saturated rings. The molecule has 6 nitrogen and oxygen atoms in total. The van der Waals surface area contributed by atoms with Crippen molar-refractivity contribution in [2.24, 2.45) is 5.92 Å². The van der Waals surface area contributed by atoms with E-state index in [9.17, 15) is 9.59 Å². The van der Waals surface area contributed by atoms with Gasteiger partial charge in [-0.05, 0) is 63.5 Å². The number of benzene rings is 1. The SMILES string of the molecule is CNC1(c2ccccc2)CCC2(CC1)CN(CC(=O)CCCO)C(=O)N2CC1CCC1. The maximum absolute atomic E-state index is 13.4. The zero-order valence-electron chi connectivity index (χ0n) is 18.8. The highest BCUT2D eigenvalue weighted by Gasteiger charge is 2.54.